The van der Waals surface area contributed by atoms with Gasteiger partial charge in [-0.1, -0.05) is 15.9 Å². The Morgan fingerprint density at radius 2 is 2.18 bits per heavy atom. The zero-order valence-electron chi connectivity index (χ0n) is 8.77. The third-order valence-corrected chi connectivity index (χ3v) is 2.83. The highest BCUT2D eigenvalue weighted by Crippen LogP contribution is 2.25. The zero-order valence-corrected chi connectivity index (χ0v) is 10.4. The molecule has 0 bridgehead atoms. The van der Waals surface area contributed by atoms with Crippen molar-refractivity contribution >= 4 is 15.9 Å². The Labute approximate surface area is 106 Å². The summed E-state index contributed by atoms with van der Waals surface area (Å²) in [6, 6.07) is 5.86. The van der Waals surface area contributed by atoms with E-state index in [0.29, 0.717) is 11.3 Å². The van der Waals surface area contributed by atoms with Crippen LogP contribution in [0.4, 0.5) is 4.39 Å². The van der Waals surface area contributed by atoms with Crippen LogP contribution < -0.4 is 11.3 Å². The summed E-state index contributed by atoms with van der Waals surface area (Å²) in [5, 5.41) is 0. The summed E-state index contributed by atoms with van der Waals surface area (Å²) >= 11 is 3.30. The molecular weight excluding hydrogens is 287 g/mol. The summed E-state index contributed by atoms with van der Waals surface area (Å²) in [4.78, 5) is 7.87. The third-order valence-electron chi connectivity index (χ3n) is 2.34. The van der Waals surface area contributed by atoms with E-state index in [0.717, 1.165) is 4.47 Å². The molecule has 2 aromatic rings. The van der Waals surface area contributed by atoms with Gasteiger partial charge in [0.25, 0.3) is 0 Å². The standard InChI is InChI=1S/C11H10BrFN4/c12-7-1-2-9(13)8(5-7)11(17-14)10-3-4-15-6-16-10/h1-6,11,17H,14H2. The Morgan fingerprint density at radius 1 is 1.35 bits per heavy atom. The lowest BCUT2D eigenvalue weighted by molar-refractivity contribution is 0.552. The van der Waals surface area contributed by atoms with Crippen LogP contribution in [0.3, 0.4) is 0 Å². The molecule has 3 N–H and O–H groups in total. The molecule has 1 unspecified atom stereocenters. The molecule has 4 nitrogen and oxygen atoms in total. The van der Waals surface area contributed by atoms with E-state index in [2.05, 4.69) is 31.3 Å². The van der Waals surface area contributed by atoms with Crippen molar-refractivity contribution in [2.45, 2.75) is 6.04 Å². The van der Waals surface area contributed by atoms with Crippen LogP contribution in [0.15, 0.2) is 41.3 Å². The van der Waals surface area contributed by atoms with Crippen molar-refractivity contribution in [2.75, 3.05) is 0 Å². The molecule has 0 spiro atoms. The smallest absolute Gasteiger partial charge is 0.128 e. The summed E-state index contributed by atoms with van der Waals surface area (Å²) in [6.07, 6.45) is 2.98. The Kier molecular flexibility index (Phi) is 3.78. The van der Waals surface area contributed by atoms with Crippen molar-refractivity contribution < 1.29 is 4.39 Å². The number of aromatic nitrogens is 2. The summed E-state index contributed by atoms with van der Waals surface area (Å²) in [7, 11) is 0. The van der Waals surface area contributed by atoms with Gasteiger partial charge in [0.15, 0.2) is 0 Å². The zero-order chi connectivity index (χ0) is 12.3. The van der Waals surface area contributed by atoms with E-state index in [1.807, 2.05) is 0 Å². The maximum atomic E-state index is 13.7. The number of hydrogen-bond acceptors (Lipinski definition) is 4. The lowest BCUT2D eigenvalue weighted by Gasteiger charge is -2.16. The van der Waals surface area contributed by atoms with Crippen molar-refractivity contribution in [1.29, 1.82) is 0 Å². The van der Waals surface area contributed by atoms with Crippen molar-refractivity contribution in [2.24, 2.45) is 5.84 Å². The van der Waals surface area contributed by atoms with Crippen LogP contribution in [0, 0.1) is 5.82 Å². The van der Waals surface area contributed by atoms with Crippen LogP contribution in [0.25, 0.3) is 0 Å². The molecule has 1 heterocycles. The van der Waals surface area contributed by atoms with Crippen LogP contribution in [0.5, 0.6) is 0 Å². The number of halogens is 2. The van der Waals surface area contributed by atoms with Gasteiger partial charge in [-0.25, -0.2) is 19.8 Å². The highest BCUT2D eigenvalue weighted by molar-refractivity contribution is 9.10. The van der Waals surface area contributed by atoms with Crippen molar-refractivity contribution in [1.82, 2.24) is 15.4 Å². The molecule has 0 amide bonds. The number of nitrogens with two attached hydrogens (primary N) is 1. The van der Waals surface area contributed by atoms with E-state index in [1.54, 1.807) is 24.4 Å². The monoisotopic (exact) mass is 296 g/mol. The average molecular weight is 297 g/mol. The van der Waals surface area contributed by atoms with E-state index >= 15 is 0 Å². The van der Waals surface area contributed by atoms with Gasteiger partial charge >= 0.3 is 0 Å². The van der Waals surface area contributed by atoms with Crippen molar-refractivity contribution in [3.05, 3.63) is 58.3 Å². The number of hydrazine groups is 1. The predicted octanol–water partition coefficient (Wildman–Crippen LogP) is 1.93. The fourth-order valence-electron chi connectivity index (χ4n) is 1.54. The molecule has 1 atom stereocenters. The van der Waals surface area contributed by atoms with Crippen molar-refractivity contribution in [3.63, 3.8) is 0 Å². The Balaban J connectivity index is 2.46. The normalized spacial score (nSPS) is 12.4. The number of nitrogens with zero attached hydrogens (tertiary/aromatic N) is 2. The molecule has 0 saturated carbocycles. The molecule has 0 aliphatic carbocycles. The van der Waals surface area contributed by atoms with Crippen LogP contribution in [-0.2, 0) is 0 Å². The predicted molar refractivity (Wildman–Crippen MR) is 65.3 cm³/mol. The van der Waals surface area contributed by atoms with E-state index in [9.17, 15) is 4.39 Å². The summed E-state index contributed by atoms with van der Waals surface area (Å²) < 4.78 is 14.5. The first kappa shape index (κ1) is 12.1. The van der Waals surface area contributed by atoms with Gasteiger partial charge in [-0.05, 0) is 24.3 Å². The summed E-state index contributed by atoms with van der Waals surface area (Å²) in [6.45, 7) is 0. The lowest BCUT2D eigenvalue weighted by atomic mass is 10.0. The third kappa shape index (κ3) is 2.66. The fraction of sp³-hybridized carbons (Fsp3) is 0.0909. The average Bonchev–Trinajstić information content (AvgIpc) is 2.36. The Morgan fingerprint density at radius 3 is 2.82 bits per heavy atom. The lowest BCUT2D eigenvalue weighted by Crippen LogP contribution is -2.30. The minimum Gasteiger partial charge on any atom is -0.271 e. The van der Waals surface area contributed by atoms with Gasteiger partial charge in [0.1, 0.15) is 12.1 Å². The Bertz CT molecular complexity index is 506. The highest BCUT2D eigenvalue weighted by Gasteiger charge is 2.17. The number of rotatable bonds is 3. The highest BCUT2D eigenvalue weighted by atomic mass is 79.9. The second-order valence-electron chi connectivity index (χ2n) is 3.40. The topological polar surface area (TPSA) is 63.8 Å². The maximum Gasteiger partial charge on any atom is 0.128 e. The maximum absolute atomic E-state index is 13.7. The van der Waals surface area contributed by atoms with E-state index in [4.69, 9.17) is 5.84 Å². The second kappa shape index (κ2) is 5.31. The van der Waals surface area contributed by atoms with E-state index in [-0.39, 0.29) is 5.82 Å². The molecule has 88 valence electrons. The fourth-order valence-corrected chi connectivity index (χ4v) is 1.92. The van der Waals surface area contributed by atoms with Gasteiger partial charge < -0.3 is 0 Å². The van der Waals surface area contributed by atoms with Gasteiger partial charge in [0.05, 0.1) is 11.7 Å². The molecule has 0 radical (unpaired) electrons. The summed E-state index contributed by atoms with van der Waals surface area (Å²) in [5.41, 5.74) is 3.59. The number of nitrogens with one attached hydrogen (secondary N) is 1. The van der Waals surface area contributed by atoms with Gasteiger partial charge in [-0.2, -0.15) is 0 Å². The quantitative estimate of drug-likeness (QED) is 0.671. The van der Waals surface area contributed by atoms with E-state index < -0.39 is 6.04 Å². The number of hydrogen-bond donors (Lipinski definition) is 2. The van der Waals surface area contributed by atoms with Crippen LogP contribution in [-0.4, -0.2) is 9.97 Å². The largest absolute Gasteiger partial charge is 0.271 e. The number of benzene rings is 1. The van der Waals surface area contributed by atoms with Crippen LogP contribution in [0.1, 0.15) is 17.3 Å². The molecule has 17 heavy (non-hydrogen) atoms. The first-order valence-electron chi connectivity index (χ1n) is 4.89. The van der Waals surface area contributed by atoms with Gasteiger partial charge in [0, 0.05) is 16.2 Å². The van der Waals surface area contributed by atoms with Crippen LogP contribution in [0.2, 0.25) is 0 Å². The first-order chi connectivity index (χ1) is 8.22. The molecule has 0 aliphatic heterocycles. The van der Waals surface area contributed by atoms with Gasteiger partial charge in [-0.15, -0.1) is 0 Å². The second-order valence-corrected chi connectivity index (χ2v) is 4.32. The molecule has 6 heteroatoms. The Hall–Kier alpha value is -1.37. The molecule has 2 rings (SSSR count). The molecule has 0 saturated heterocycles. The minimum absolute atomic E-state index is 0.338. The van der Waals surface area contributed by atoms with Crippen LogP contribution >= 0.6 is 15.9 Å². The van der Waals surface area contributed by atoms with Gasteiger partial charge in [-0.3, -0.25) is 5.84 Å². The molecule has 1 aromatic heterocycles. The molecule has 1 aromatic carbocycles. The minimum atomic E-state index is -0.504. The van der Waals surface area contributed by atoms with Gasteiger partial charge in [0.2, 0.25) is 0 Å². The summed E-state index contributed by atoms with van der Waals surface area (Å²) in [5.74, 6) is 5.13. The molecular formula is C11H10BrFN4. The molecule has 0 fully saturated rings. The first-order valence-corrected chi connectivity index (χ1v) is 5.68. The SMILES string of the molecule is NNC(c1ccncn1)c1cc(Br)ccc1F. The van der Waals surface area contributed by atoms with Crippen molar-refractivity contribution in [3.8, 4) is 0 Å². The van der Waals surface area contributed by atoms with E-state index in [1.165, 1.54) is 12.4 Å². The molecule has 0 aliphatic rings.